The molecule has 2 aliphatic carbocycles. The standard InChI is InChI=1S/C22H21ClN6O3S.C18H14ClN5O2S/c23-14-7-29-12(3-4-26-29)6-15(14)27-20-19-13-2-1-11(5-18(13)33-21(19)25-10-24-20)22(32)28-8-16(30)17(31)9-28;19-12-7-24-10(3-4-22-24)6-13(12)23-16-15-11-2-1-9(18(25)26)5-14(11)27-17(15)21-8-20-16/h3-4,6-7,10-11,16-17,30-31H,1-2,5,8-9H2,(H,24,25,27);3-4,6-9H,1-2,5H2,(H,25,26)(H,20,21,23)/t11-,16-,17-;9-/m00/s1. The number of β-amino-alcohol motifs (C(OH)–C–C–N with tert-alkyl or cyclic N) is 2. The summed E-state index contributed by atoms with van der Waals surface area (Å²) in [5, 5.41) is 47.0. The van der Waals surface area contributed by atoms with Crippen molar-refractivity contribution in [2.45, 2.75) is 50.7 Å². The molecule has 0 unspecified atom stereocenters. The Bertz CT molecular complexity index is 2980. The molecule has 60 heavy (non-hydrogen) atoms. The minimum Gasteiger partial charge on any atom is -0.481 e. The molecule has 1 fully saturated rings. The van der Waals surface area contributed by atoms with Crippen LogP contribution in [0, 0.1) is 11.8 Å². The number of carbonyl (C=O) groups excluding carboxylic acids is 1. The normalized spacial score (nSPS) is 20.0. The van der Waals surface area contributed by atoms with Gasteiger partial charge in [-0.15, -0.1) is 22.7 Å². The zero-order chi connectivity index (χ0) is 41.2. The minimum atomic E-state index is -0.866. The first-order valence-corrected chi connectivity index (χ1v) is 21.6. The summed E-state index contributed by atoms with van der Waals surface area (Å²) in [6, 6.07) is 7.65. The van der Waals surface area contributed by atoms with Gasteiger partial charge in [0.2, 0.25) is 5.91 Å². The summed E-state index contributed by atoms with van der Waals surface area (Å²) in [4.78, 5) is 47.7. The number of carboxylic acids is 1. The molecule has 306 valence electrons. The van der Waals surface area contributed by atoms with Crippen molar-refractivity contribution in [2.75, 3.05) is 23.7 Å². The number of rotatable bonds is 6. The van der Waals surface area contributed by atoms with E-state index < -0.39 is 18.2 Å². The molecule has 11 rings (SSSR count). The third-order valence-electron chi connectivity index (χ3n) is 11.4. The highest BCUT2D eigenvalue weighted by atomic mass is 35.5. The fraction of sp³-hybridized carbons (Fsp3) is 0.300. The van der Waals surface area contributed by atoms with Gasteiger partial charge in [-0.1, -0.05) is 23.2 Å². The maximum absolute atomic E-state index is 13.0. The lowest BCUT2D eigenvalue weighted by atomic mass is 9.87. The van der Waals surface area contributed by atoms with Gasteiger partial charge in [0.15, 0.2) is 0 Å². The van der Waals surface area contributed by atoms with Crippen molar-refractivity contribution in [2.24, 2.45) is 11.8 Å². The molecule has 8 aromatic rings. The maximum atomic E-state index is 13.0. The molecule has 20 heteroatoms. The van der Waals surface area contributed by atoms with Gasteiger partial charge in [0.1, 0.15) is 34.0 Å². The van der Waals surface area contributed by atoms with Crippen LogP contribution < -0.4 is 10.6 Å². The number of carbonyl (C=O) groups is 2. The summed E-state index contributed by atoms with van der Waals surface area (Å²) >= 11 is 16.0. The molecule has 5 N–H and O–H groups in total. The first-order valence-electron chi connectivity index (χ1n) is 19.3. The molecule has 3 aliphatic rings. The van der Waals surface area contributed by atoms with Crippen LogP contribution in [0.5, 0.6) is 0 Å². The van der Waals surface area contributed by atoms with E-state index >= 15 is 0 Å². The summed E-state index contributed by atoms with van der Waals surface area (Å²) in [7, 11) is 0. The molecule has 0 spiro atoms. The Morgan fingerprint density at radius 3 is 1.70 bits per heavy atom. The van der Waals surface area contributed by atoms with Gasteiger partial charge in [-0.2, -0.15) is 10.2 Å². The molecular weight excluding hydrogens is 850 g/mol. The number of amides is 1. The van der Waals surface area contributed by atoms with Crippen molar-refractivity contribution < 1.29 is 24.9 Å². The Hall–Kier alpha value is -5.50. The number of carboxylic acid groups (broad SMARTS) is 1. The zero-order valence-electron chi connectivity index (χ0n) is 31.5. The highest BCUT2D eigenvalue weighted by Gasteiger charge is 2.38. The smallest absolute Gasteiger partial charge is 0.306 e. The van der Waals surface area contributed by atoms with Gasteiger partial charge in [-0.25, -0.2) is 29.0 Å². The number of thiophene rings is 2. The van der Waals surface area contributed by atoms with Crippen molar-refractivity contribution in [3.8, 4) is 0 Å². The SMILES string of the molecule is O=C(O)[C@H]1CCc2c(sc3ncnc(Nc4cc5ccnn5cc4Cl)c23)C1.O=C([C@H]1CCc2c(sc3ncnc(Nc4cc5ccnn5cc4Cl)c23)C1)N1C[C@H](O)[C@@H](O)C1. The van der Waals surface area contributed by atoms with Crippen molar-refractivity contribution in [3.05, 3.63) is 92.6 Å². The lowest BCUT2D eigenvalue weighted by molar-refractivity contribution is -0.142. The predicted molar refractivity (Wildman–Crippen MR) is 229 cm³/mol. The first kappa shape index (κ1) is 38.7. The average molecular weight is 885 g/mol. The second-order valence-electron chi connectivity index (χ2n) is 15.1. The van der Waals surface area contributed by atoms with Crippen LogP contribution in [-0.2, 0) is 35.3 Å². The second-order valence-corrected chi connectivity index (χ2v) is 18.1. The third kappa shape index (κ3) is 7.05. The Kier molecular flexibility index (Phi) is 10.0. The van der Waals surface area contributed by atoms with E-state index in [4.69, 9.17) is 23.2 Å². The average Bonchev–Trinajstić information content (AvgIpc) is 4.08. The monoisotopic (exact) mass is 883 g/mol. The van der Waals surface area contributed by atoms with Crippen LogP contribution in [0.25, 0.3) is 31.5 Å². The van der Waals surface area contributed by atoms with Gasteiger partial charge in [-0.3, -0.25) is 9.59 Å². The zero-order valence-corrected chi connectivity index (χ0v) is 34.6. The van der Waals surface area contributed by atoms with E-state index in [9.17, 15) is 24.9 Å². The number of hydrogen-bond acceptors (Lipinski definition) is 14. The molecule has 0 radical (unpaired) electrons. The molecule has 4 atom stereocenters. The molecule has 1 saturated heterocycles. The summed E-state index contributed by atoms with van der Waals surface area (Å²) < 4.78 is 3.42. The molecule has 0 bridgehead atoms. The lowest BCUT2D eigenvalue weighted by Crippen LogP contribution is -2.37. The van der Waals surface area contributed by atoms with Crippen LogP contribution in [0.2, 0.25) is 10.0 Å². The third-order valence-corrected chi connectivity index (χ3v) is 14.4. The van der Waals surface area contributed by atoms with E-state index in [1.54, 1.807) is 61.4 Å². The molecule has 1 aliphatic heterocycles. The number of aryl methyl sites for hydroxylation is 2. The molecule has 1 amide bonds. The first-order chi connectivity index (χ1) is 29.1. The molecule has 16 nitrogen and oxygen atoms in total. The molecule has 8 aromatic heterocycles. The highest BCUT2D eigenvalue weighted by molar-refractivity contribution is 7.19. The summed E-state index contributed by atoms with van der Waals surface area (Å²) in [6.45, 7) is 0.384. The van der Waals surface area contributed by atoms with Crippen LogP contribution in [0.3, 0.4) is 0 Å². The van der Waals surface area contributed by atoms with Gasteiger partial charge in [0.05, 0.1) is 61.4 Å². The van der Waals surface area contributed by atoms with Gasteiger partial charge in [0, 0.05) is 53.5 Å². The number of pyridine rings is 2. The van der Waals surface area contributed by atoms with Crippen molar-refractivity contribution in [3.63, 3.8) is 0 Å². The number of aliphatic hydroxyl groups excluding tert-OH is 2. The number of aliphatic carboxylic acids is 1. The summed E-state index contributed by atoms with van der Waals surface area (Å²) in [5.74, 6) is 0.165. The lowest BCUT2D eigenvalue weighted by Gasteiger charge is -2.26. The number of nitrogens with one attached hydrogen (secondary N) is 2. The fourth-order valence-corrected chi connectivity index (χ4v) is 11.3. The number of hydrogen-bond donors (Lipinski definition) is 5. The van der Waals surface area contributed by atoms with E-state index in [2.05, 4.69) is 40.8 Å². The van der Waals surface area contributed by atoms with Gasteiger partial charge < -0.3 is 30.9 Å². The largest absolute Gasteiger partial charge is 0.481 e. The van der Waals surface area contributed by atoms with E-state index in [-0.39, 0.29) is 30.8 Å². The Morgan fingerprint density at radius 2 is 1.20 bits per heavy atom. The molecule has 9 heterocycles. The fourth-order valence-electron chi connectivity index (χ4n) is 8.37. The van der Waals surface area contributed by atoms with E-state index in [0.717, 1.165) is 64.6 Å². The number of anilines is 4. The predicted octanol–water partition coefficient (Wildman–Crippen LogP) is 6.33. The second kappa shape index (κ2) is 15.5. The van der Waals surface area contributed by atoms with Gasteiger partial charge in [0.25, 0.3) is 0 Å². The Labute approximate surface area is 358 Å². The molecule has 0 saturated carbocycles. The number of aromatic nitrogens is 8. The van der Waals surface area contributed by atoms with E-state index in [1.807, 2.05) is 24.3 Å². The Morgan fingerprint density at radius 1 is 0.717 bits per heavy atom. The van der Waals surface area contributed by atoms with E-state index in [0.29, 0.717) is 53.8 Å². The number of fused-ring (bicyclic) bond motifs is 8. The van der Waals surface area contributed by atoms with Crippen LogP contribution in [-0.4, -0.2) is 96.6 Å². The minimum absolute atomic E-state index is 0.000898. The number of halogens is 2. The number of aliphatic hydroxyl groups is 2. The summed E-state index contributed by atoms with van der Waals surface area (Å²) in [5.41, 5.74) is 5.63. The molecular formula is C40H35Cl2N11O5S2. The van der Waals surface area contributed by atoms with Gasteiger partial charge >= 0.3 is 5.97 Å². The number of nitrogens with zero attached hydrogens (tertiary/aromatic N) is 9. The Balaban J connectivity index is 0.000000147. The summed E-state index contributed by atoms with van der Waals surface area (Å²) in [6.07, 6.45) is 12.2. The highest BCUT2D eigenvalue weighted by Crippen LogP contribution is 2.43. The molecule has 0 aromatic carbocycles. The van der Waals surface area contributed by atoms with Gasteiger partial charge in [-0.05, 0) is 73.9 Å². The van der Waals surface area contributed by atoms with Crippen LogP contribution in [0.1, 0.15) is 33.7 Å². The topological polar surface area (TPSA) is 208 Å². The van der Waals surface area contributed by atoms with Crippen LogP contribution in [0.15, 0.2) is 61.7 Å². The van der Waals surface area contributed by atoms with Crippen molar-refractivity contribution in [1.29, 1.82) is 0 Å². The maximum Gasteiger partial charge on any atom is 0.306 e. The van der Waals surface area contributed by atoms with Crippen molar-refractivity contribution >= 4 is 112 Å². The quantitative estimate of drug-likeness (QED) is 0.124. The number of likely N-dealkylation sites (tertiary alicyclic amines) is 1. The van der Waals surface area contributed by atoms with E-state index in [1.165, 1.54) is 18.2 Å². The van der Waals surface area contributed by atoms with Crippen LogP contribution >= 0.6 is 45.9 Å². The van der Waals surface area contributed by atoms with Crippen molar-refractivity contribution in [1.82, 2.24) is 44.1 Å². The van der Waals surface area contributed by atoms with Crippen LogP contribution in [0.4, 0.5) is 23.0 Å².